The lowest BCUT2D eigenvalue weighted by atomic mass is 9.53. The van der Waals surface area contributed by atoms with Gasteiger partial charge in [-0.15, -0.1) is 0 Å². The fourth-order valence-corrected chi connectivity index (χ4v) is 6.38. The van der Waals surface area contributed by atoms with E-state index in [2.05, 4.69) is 21.5 Å². The van der Waals surface area contributed by atoms with Crippen molar-refractivity contribution in [2.75, 3.05) is 24.9 Å². The second-order valence-corrected chi connectivity index (χ2v) is 9.38. The maximum Gasteiger partial charge on any atom is 0.176 e. The Bertz CT molecular complexity index is 868. The van der Waals surface area contributed by atoms with Crippen molar-refractivity contribution in [3.8, 4) is 11.5 Å². The predicted octanol–water partition coefficient (Wildman–Crippen LogP) is 4.63. The van der Waals surface area contributed by atoms with Crippen LogP contribution < -0.4 is 20.1 Å². The van der Waals surface area contributed by atoms with Gasteiger partial charge in [-0.05, 0) is 68.5 Å². The summed E-state index contributed by atoms with van der Waals surface area (Å²) < 4.78 is 12.9. The molecular weight excluding hydrogens is 384 g/mol. The van der Waals surface area contributed by atoms with Crippen molar-refractivity contribution in [3.05, 3.63) is 30.5 Å². The largest absolute Gasteiger partial charge is 0.497 e. The Kier molecular flexibility index (Phi) is 4.65. The van der Waals surface area contributed by atoms with Crippen molar-refractivity contribution in [2.24, 2.45) is 17.8 Å². The van der Waals surface area contributed by atoms with E-state index in [1.54, 1.807) is 14.2 Å². The molecular formula is C22H28N4O2S. The van der Waals surface area contributed by atoms with Crippen LogP contribution in [0.25, 0.3) is 0 Å². The molecule has 0 radical (unpaired) electrons. The highest BCUT2D eigenvalue weighted by molar-refractivity contribution is 7.80. The number of rotatable bonds is 5. The quantitative estimate of drug-likeness (QED) is 0.698. The van der Waals surface area contributed by atoms with Gasteiger partial charge in [0.15, 0.2) is 10.9 Å². The van der Waals surface area contributed by atoms with Crippen LogP contribution >= 0.6 is 12.2 Å². The van der Waals surface area contributed by atoms with Gasteiger partial charge in [-0.1, -0.05) is 0 Å². The Morgan fingerprint density at radius 1 is 1.00 bits per heavy atom. The number of methoxy groups -OCH3 is 2. The molecule has 0 atom stereocenters. The van der Waals surface area contributed by atoms with Gasteiger partial charge < -0.3 is 20.1 Å². The van der Waals surface area contributed by atoms with Crippen molar-refractivity contribution in [1.29, 1.82) is 0 Å². The Hall–Kier alpha value is -2.28. The summed E-state index contributed by atoms with van der Waals surface area (Å²) in [6.07, 6.45) is 10.3. The second-order valence-electron chi connectivity index (χ2n) is 8.97. The van der Waals surface area contributed by atoms with E-state index in [4.69, 9.17) is 26.8 Å². The van der Waals surface area contributed by atoms with Crippen LogP contribution in [0, 0.1) is 17.8 Å². The topological polar surface area (TPSA) is 60.3 Å². The maximum atomic E-state index is 5.50. The fraction of sp³-hybridized carbons (Fsp3) is 0.545. The molecule has 6 rings (SSSR count). The number of nitrogens with one attached hydrogen (secondary N) is 2. The van der Waals surface area contributed by atoms with Gasteiger partial charge in [-0.25, -0.2) is 0 Å². The summed E-state index contributed by atoms with van der Waals surface area (Å²) >= 11 is 5.50. The molecule has 29 heavy (non-hydrogen) atoms. The molecule has 4 aliphatic rings. The molecule has 7 heteroatoms. The average Bonchev–Trinajstić information content (AvgIpc) is 3.15. The lowest BCUT2D eigenvalue weighted by Crippen LogP contribution is -2.52. The van der Waals surface area contributed by atoms with Crippen LogP contribution in [0.5, 0.6) is 11.5 Å². The zero-order chi connectivity index (χ0) is 20.0. The molecule has 1 aromatic carbocycles. The number of thiocarbonyl (C=S) groups is 1. The molecule has 0 amide bonds. The second kappa shape index (κ2) is 7.20. The van der Waals surface area contributed by atoms with E-state index < -0.39 is 0 Å². The number of hydrogen-bond donors (Lipinski definition) is 2. The van der Waals surface area contributed by atoms with Gasteiger partial charge >= 0.3 is 0 Å². The Labute approximate surface area is 177 Å². The van der Waals surface area contributed by atoms with Crippen LogP contribution in [-0.2, 0) is 5.54 Å². The molecule has 1 heterocycles. The highest BCUT2D eigenvalue weighted by Gasteiger charge is 2.52. The van der Waals surface area contributed by atoms with E-state index in [9.17, 15) is 0 Å². The minimum atomic E-state index is 0.226. The first kappa shape index (κ1) is 18.7. The number of ether oxygens (including phenoxy) is 2. The summed E-state index contributed by atoms with van der Waals surface area (Å²) in [4.78, 5) is 0. The molecule has 154 valence electrons. The van der Waals surface area contributed by atoms with Crippen molar-refractivity contribution in [1.82, 2.24) is 9.78 Å². The smallest absolute Gasteiger partial charge is 0.176 e. The summed E-state index contributed by atoms with van der Waals surface area (Å²) in [5.41, 5.74) is 1.03. The third-order valence-electron chi connectivity index (χ3n) is 6.93. The Morgan fingerprint density at radius 2 is 1.59 bits per heavy atom. The molecule has 0 saturated heterocycles. The summed E-state index contributed by atoms with van der Waals surface area (Å²) in [6.45, 7) is 0. The number of hydrogen-bond acceptors (Lipinski definition) is 4. The van der Waals surface area contributed by atoms with Crippen LogP contribution in [0.1, 0.15) is 38.5 Å². The average molecular weight is 413 g/mol. The normalized spacial score (nSPS) is 29.5. The zero-order valence-electron chi connectivity index (χ0n) is 17.0. The van der Waals surface area contributed by atoms with Gasteiger partial charge in [-0.2, -0.15) is 5.10 Å². The van der Waals surface area contributed by atoms with Crippen molar-refractivity contribution < 1.29 is 9.47 Å². The van der Waals surface area contributed by atoms with Gasteiger partial charge in [0.05, 0.1) is 19.8 Å². The van der Waals surface area contributed by atoms with Gasteiger partial charge in [0.25, 0.3) is 0 Å². The number of nitrogens with zero attached hydrogens (tertiary/aromatic N) is 2. The highest BCUT2D eigenvalue weighted by Crippen LogP contribution is 2.58. The van der Waals surface area contributed by atoms with Crippen LogP contribution in [-0.4, -0.2) is 29.1 Å². The molecule has 0 unspecified atom stereocenters. The summed E-state index contributed by atoms with van der Waals surface area (Å²) in [5.74, 6) is 4.89. The Balaban J connectivity index is 1.28. The maximum absolute atomic E-state index is 5.50. The van der Waals surface area contributed by atoms with Gasteiger partial charge in [0.1, 0.15) is 11.5 Å². The van der Waals surface area contributed by atoms with E-state index >= 15 is 0 Å². The van der Waals surface area contributed by atoms with Gasteiger partial charge in [0.2, 0.25) is 0 Å². The summed E-state index contributed by atoms with van der Waals surface area (Å²) in [5, 5.41) is 11.8. The number of aromatic nitrogens is 2. The summed E-state index contributed by atoms with van der Waals surface area (Å²) in [7, 11) is 3.26. The van der Waals surface area contributed by atoms with E-state index in [0.717, 1.165) is 29.3 Å². The molecule has 2 aromatic rings. The minimum absolute atomic E-state index is 0.226. The van der Waals surface area contributed by atoms with E-state index in [0.29, 0.717) is 16.6 Å². The van der Waals surface area contributed by atoms with Crippen LogP contribution in [0.15, 0.2) is 30.5 Å². The van der Waals surface area contributed by atoms with E-state index in [-0.39, 0.29) is 5.54 Å². The molecule has 1 aromatic heterocycles. The third kappa shape index (κ3) is 3.56. The number of benzene rings is 1. The Morgan fingerprint density at radius 3 is 2.14 bits per heavy atom. The molecule has 0 aliphatic heterocycles. The SMILES string of the molecule is COc1cc(NC(=S)Nc2ccn(C34CC5CC(CC(C5)C3)C4)n2)cc(OC)c1. The molecule has 4 bridgehead atoms. The number of anilines is 2. The summed E-state index contributed by atoms with van der Waals surface area (Å²) in [6, 6.07) is 7.61. The molecule has 6 nitrogen and oxygen atoms in total. The third-order valence-corrected chi connectivity index (χ3v) is 7.14. The minimum Gasteiger partial charge on any atom is -0.497 e. The van der Waals surface area contributed by atoms with E-state index in [1.165, 1.54) is 38.5 Å². The van der Waals surface area contributed by atoms with Crippen LogP contribution in [0.2, 0.25) is 0 Å². The van der Waals surface area contributed by atoms with Crippen LogP contribution in [0.4, 0.5) is 11.5 Å². The highest BCUT2D eigenvalue weighted by atomic mass is 32.1. The standard InChI is InChI=1S/C22H28N4O2S/c1-27-18-8-17(9-19(10-18)28-2)23-21(29)24-20-3-4-26(25-20)22-11-14-5-15(12-22)7-16(6-14)13-22/h3-4,8-10,14-16H,5-7,11-13H2,1-2H3,(H2,23,24,25,29). The van der Waals surface area contributed by atoms with Crippen molar-refractivity contribution in [3.63, 3.8) is 0 Å². The van der Waals surface area contributed by atoms with Gasteiger partial charge in [0, 0.05) is 36.1 Å². The first-order chi connectivity index (χ1) is 14.0. The molecule has 4 aliphatic carbocycles. The zero-order valence-corrected chi connectivity index (χ0v) is 17.8. The van der Waals surface area contributed by atoms with Crippen molar-refractivity contribution >= 4 is 28.8 Å². The molecule has 2 N–H and O–H groups in total. The molecule has 4 saturated carbocycles. The molecule has 0 spiro atoms. The predicted molar refractivity (Wildman–Crippen MR) is 118 cm³/mol. The van der Waals surface area contributed by atoms with Crippen molar-refractivity contribution in [2.45, 2.75) is 44.1 Å². The lowest BCUT2D eigenvalue weighted by Gasteiger charge is -2.56. The first-order valence-electron chi connectivity index (χ1n) is 10.4. The lowest BCUT2D eigenvalue weighted by molar-refractivity contribution is -0.0492. The van der Waals surface area contributed by atoms with Gasteiger partial charge in [-0.3, -0.25) is 4.68 Å². The monoisotopic (exact) mass is 412 g/mol. The van der Waals surface area contributed by atoms with Crippen LogP contribution in [0.3, 0.4) is 0 Å². The molecule has 4 fully saturated rings. The fourth-order valence-electron chi connectivity index (χ4n) is 6.16. The van der Waals surface area contributed by atoms with E-state index in [1.807, 2.05) is 24.3 Å². The first-order valence-corrected chi connectivity index (χ1v) is 10.8.